The molecule has 0 fully saturated rings. The number of carbonyl (C=O) groups is 2. The summed E-state index contributed by atoms with van der Waals surface area (Å²) >= 11 is 0. The summed E-state index contributed by atoms with van der Waals surface area (Å²) in [6.07, 6.45) is 2.31. The summed E-state index contributed by atoms with van der Waals surface area (Å²) in [6, 6.07) is 4.18. The average Bonchev–Trinajstić information content (AvgIpc) is 2.49. The van der Waals surface area contributed by atoms with Crippen molar-refractivity contribution in [1.29, 1.82) is 0 Å². The van der Waals surface area contributed by atoms with Gasteiger partial charge < -0.3 is 9.47 Å². The molecule has 0 amide bonds. The summed E-state index contributed by atoms with van der Waals surface area (Å²) in [4.78, 5) is 23.8. The molecule has 0 radical (unpaired) electrons. The van der Waals surface area contributed by atoms with E-state index in [4.69, 9.17) is 0 Å². The number of hydrogen-bond donors (Lipinski definition) is 0. The molecule has 0 N–H and O–H groups in total. The Morgan fingerprint density at radius 1 is 1.18 bits per heavy atom. The first-order valence-electron chi connectivity index (χ1n) is 6.16. The molecule has 120 valence electrons. The van der Waals surface area contributed by atoms with Gasteiger partial charge in [-0.05, 0) is 12.1 Å². The number of rotatable bonds is 6. The van der Waals surface area contributed by atoms with Crippen LogP contribution in [0.5, 0.6) is 0 Å². The second kappa shape index (κ2) is 7.08. The van der Waals surface area contributed by atoms with E-state index in [1.807, 2.05) is 0 Å². The molecule has 0 bridgehead atoms. The third-order valence-corrected chi connectivity index (χ3v) is 3.92. The maximum atomic E-state index is 12.0. The van der Waals surface area contributed by atoms with Gasteiger partial charge in [-0.3, -0.25) is 4.31 Å². The fourth-order valence-electron chi connectivity index (χ4n) is 1.87. The van der Waals surface area contributed by atoms with E-state index < -0.39 is 22.0 Å². The fourth-order valence-corrected chi connectivity index (χ4v) is 2.78. The third kappa shape index (κ3) is 3.64. The molecule has 0 aliphatic rings. The molecule has 22 heavy (non-hydrogen) atoms. The number of nitrogens with zero attached hydrogens (tertiary/aromatic N) is 1. The first-order chi connectivity index (χ1) is 10.3. The van der Waals surface area contributed by atoms with Crippen molar-refractivity contribution in [2.24, 2.45) is 0 Å². The molecule has 0 heterocycles. The monoisotopic (exact) mass is 327 g/mol. The molecular weight excluding hydrogens is 310 g/mol. The standard InChI is InChI=1S/C14H17NO6S/c1-5-9-15(22(4,18)19)12-10(13(16)20-2)7-6-8-11(12)14(17)21-3/h5-8H,1,9H2,2-4H3. The predicted octanol–water partition coefficient (Wildman–Crippen LogP) is 1.21. The first-order valence-corrected chi connectivity index (χ1v) is 8.01. The molecule has 0 atom stereocenters. The minimum absolute atomic E-state index is 0.0577. The smallest absolute Gasteiger partial charge is 0.340 e. The molecule has 0 spiro atoms. The van der Waals surface area contributed by atoms with Crippen molar-refractivity contribution >= 4 is 27.6 Å². The zero-order valence-electron chi connectivity index (χ0n) is 12.5. The van der Waals surface area contributed by atoms with Gasteiger partial charge in [0, 0.05) is 0 Å². The van der Waals surface area contributed by atoms with Crippen LogP contribution >= 0.6 is 0 Å². The number of carbonyl (C=O) groups excluding carboxylic acids is 2. The van der Waals surface area contributed by atoms with Crippen molar-refractivity contribution in [3.05, 3.63) is 42.0 Å². The normalized spacial score (nSPS) is 10.7. The van der Waals surface area contributed by atoms with Crippen molar-refractivity contribution in [2.45, 2.75) is 0 Å². The summed E-state index contributed by atoms with van der Waals surface area (Å²) in [5.41, 5.74) is -0.209. The highest BCUT2D eigenvalue weighted by molar-refractivity contribution is 7.92. The highest BCUT2D eigenvalue weighted by Crippen LogP contribution is 2.29. The van der Waals surface area contributed by atoms with Crippen LogP contribution in [-0.2, 0) is 19.5 Å². The van der Waals surface area contributed by atoms with Crippen molar-refractivity contribution in [1.82, 2.24) is 0 Å². The van der Waals surface area contributed by atoms with E-state index in [1.54, 1.807) is 0 Å². The maximum Gasteiger partial charge on any atom is 0.340 e. The number of anilines is 1. The Kier molecular flexibility index (Phi) is 5.69. The van der Waals surface area contributed by atoms with E-state index in [1.165, 1.54) is 24.3 Å². The number of para-hydroxylation sites is 1. The Hall–Kier alpha value is -2.35. The van der Waals surface area contributed by atoms with Crippen LogP contribution in [0.4, 0.5) is 5.69 Å². The average molecular weight is 327 g/mol. The van der Waals surface area contributed by atoms with E-state index in [2.05, 4.69) is 16.1 Å². The summed E-state index contributed by atoms with van der Waals surface area (Å²) in [5, 5.41) is 0. The van der Waals surface area contributed by atoms with Gasteiger partial charge in [-0.2, -0.15) is 0 Å². The number of esters is 2. The van der Waals surface area contributed by atoms with Crippen molar-refractivity contribution in [3.63, 3.8) is 0 Å². The van der Waals surface area contributed by atoms with Crippen molar-refractivity contribution in [2.75, 3.05) is 31.3 Å². The van der Waals surface area contributed by atoms with E-state index >= 15 is 0 Å². The van der Waals surface area contributed by atoms with Gasteiger partial charge in [0.2, 0.25) is 10.0 Å². The highest BCUT2D eigenvalue weighted by atomic mass is 32.2. The van der Waals surface area contributed by atoms with Crippen molar-refractivity contribution in [3.8, 4) is 0 Å². The van der Waals surface area contributed by atoms with E-state index in [9.17, 15) is 18.0 Å². The van der Waals surface area contributed by atoms with Gasteiger partial charge in [0.05, 0.1) is 43.8 Å². The van der Waals surface area contributed by atoms with Crippen LogP contribution in [0.1, 0.15) is 20.7 Å². The molecule has 1 aromatic rings. The summed E-state index contributed by atoms with van der Waals surface area (Å²) in [5.74, 6) is -1.53. The summed E-state index contributed by atoms with van der Waals surface area (Å²) in [7, 11) is -1.44. The minimum atomic E-state index is -3.76. The molecule has 7 nitrogen and oxygen atoms in total. The van der Waals surface area contributed by atoms with Crippen LogP contribution in [0.25, 0.3) is 0 Å². The van der Waals surface area contributed by atoms with Gasteiger partial charge in [-0.1, -0.05) is 12.1 Å². The molecule has 0 unspecified atom stereocenters. The molecule has 0 aliphatic carbocycles. The number of methoxy groups -OCH3 is 2. The van der Waals surface area contributed by atoms with E-state index in [0.717, 1.165) is 24.8 Å². The third-order valence-electron chi connectivity index (χ3n) is 2.79. The molecular formula is C14H17NO6S. The Labute approximate surface area is 129 Å². The molecule has 0 saturated carbocycles. The maximum absolute atomic E-state index is 12.0. The number of benzene rings is 1. The van der Waals surface area contributed by atoms with Crippen molar-refractivity contribution < 1.29 is 27.5 Å². The number of ether oxygens (including phenoxy) is 2. The summed E-state index contributed by atoms with van der Waals surface area (Å²) < 4.78 is 34.2. The lowest BCUT2D eigenvalue weighted by molar-refractivity contribution is 0.0601. The highest BCUT2D eigenvalue weighted by Gasteiger charge is 2.28. The SMILES string of the molecule is C=CCN(c1c(C(=O)OC)cccc1C(=O)OC)S(C)(=O)=O. The van der Waals surface area contributed by atoms with E-state index in [-0.39, 0.29) is 23.4 Å². The lowest BCUT2D eigenvalue weighted by Gasteiger charge is -2.24. The van der Waals surface area contributed by atoms with Crippen LogP contribution in [-0.4, -0.2) is 47.4 Å². The van der Waals surface area contributed by atoms with Gasteiger partial charge >= 0.3 is 11.9 Å². The van der Waals surface area contributed by atoms with Crippen LogP contribution in [0.15, 0.2) is 30.9 Å². The van der Waals surface area contributed by atoms with Gasteiger partial charge in [0.15, 0.2) is 0 Å². The van der Waals surface area contributed by atoms with Gasteiger partial charge in [-0.15, -0.1) is 6.58 Å². The largest absolute Gasteiger partial charge is 0.465 e. The first kappa shape index (κ1) is 17.7. The quantitative estimate of drug-likeness (QED) is 0.576. The fraction of sp³-hybridized carbons (Fsp3) is 0.286. The topological polar surface area (TPSA) is 90.0 Å². The second-order valence-corrected chi connectivity index (χ2v) is 6.17. The van der Waals surface area contributed by atoms with Crippen LogP contribution in [0, 0.1) is 0 Å². The zero-order chi connectivity index (χ0) is 16.9. The number of sulfonamides is 1. The lowest BCUT2D eigenvalue weighted by Crippen LogP contribution is -2.33. The zero-order valence-corrected chi connectivity index (χ0v) is 13.3. The Morgan fingerprint density at radius 2 is 1.64 bits per heavy atom. The van der Waals surface area contributed by atoms with E-state index in [0.29, 0.717) is 0 Å². The Morgan fingerprint density at radius 3 is 1.95 bits per heavy atom. The molecule has 0 aliphatic heterocycles. The Bertz CT molecular complexity index is 661. The molecule has 1 aromatic carbocycles. The summed E-state index contributed by atoms with van der Waals surface area (Å²) in [6.45, 7) is 3.38. The Balaban J connectivity index is 3.74. The molecule has 8 heteroatoms. The molecule has 0 saturated heterocycles. The minimum Gasteiger partial charge on any atom is -0.465 e. The van der Waals surface area contributed by atoms with Gasteiger partial charge in [-0.25, -0.2) is 18.0 Å². The van der Waals surface area contributed by atoms with Crippen LogP contribution in [0.2, 0.25) is 0 Å². The van der Waals surface area contributed by atoms with Gasteiger partial charge in [0.25, 0.3) is 0 Å². The number of hydrogen-bond acceptors (Lipinski definition) is 6. The lowest BCUT2D eigenvalue weighted by atomic mass is 10.1. The second-order valence-electron chi connectivity index (χ2n) is 4.27. The molecule has 0 aromatic heterocycles. The van der Waals surface area contributed by atoms with Crippen LogP contribution in [0.3, 0.4) is 0 Å². The van der Waals surface area contributed by atoms with Gasteiger partial charge in [0.1, 0.15) is 0 Å². The van der Waals surface area contributed by atoms with Crippen LogP contribution < -0.4 is 4.31 Å². The predicted molar refractivity (Wildman–Crippen MR) is 81.5 cm³/mol. The molecule has 1 rings (SSSR count).